The highest BCUT2D eigenvalue weighted by atomic mass is 35.5. The maximum atomic E-state index is 11.7. The Hall–Kier alpha value is -2.46. The van der Waals surface area contributed by atoms with Crippen molar-refractivity contribution in [2.24, 2.45) is 0 Å². The zero-order valence-corrected chi connectivity index (χ0v) is 11.9. The van der Waals surface area contributed by atoms with E-state index in [2.05, 4.69) is 10.3 Å². The Morgan fingerprint density at radius 1 is 1.14 bits per heavy atom. The second-order valence-electron chi connectivity index (χ2n) is 4.58. The van der Waals surface area contributed by atoms with Crippen LogP contribution >= 0.6 is 11.6 Å². The third-order valence-corrected chi connectivity index (χ3v) is 3.25. The van der Waals surface area contributed by atoms with E-state index in [1.54, 1.807) is 12.1 Å². The molecule has 0 aliphatic rings. The van der Waals surface area contributed by atoms with Gasteiger partial charge in [-0.05, 0) is 36.4 Å². The van der Waals surface area contributed by atoms with Crippen LogP contribution in [0.4, 0.5) is 4.79 Å². The Morgan fingerprint density at radius 2 is 1.95 bits per heavy atom. The van der Waals surface area contributed by atoms with Crippen LogP contribution in [0.3, 0.4) is 0 Å². The fourth-order valence-corrected chi connectivity index (χ4v) is 2.24. The van der Waals surface area contributed by atoms with Crippen molar-refractivity contribution in [3.8, 4) is 5.75 Å². The molecular weight excluding hydrogens is 288 g/mol. The van der Waals surface area contributed by atoms with Gasteiger partial charge in [-0.15, -0.1) is 0 Å². The lowest BCUT2D eigenvalue weighted by Gasteiger charge is -2.05. The number of para-hydroxylation sites is 1. The minimum Gasteiger partial charge on any atom is -0.410 e. The van der Waals surface area contributed by atoms with Gasteiger partial charge in [0.25, 0.3) is 0 Å². The molecule has 0 saturated carbocycles. The molecule has 3 rings (SSSR count). The van der Waals surface area contributed by atoms with Gasteiger partial charge in [0.1, 0.15) is 5.75 Å². The molecule has 21 heavy (non-hydrogen) atoms. The van der Waals surface area contributed by atoms with Gasteiger partial charge in [0.15, 0.2) is 0 Å². The van der Waals surface area contributed by atoms with Crippen molar-refractivity contribution in [3.63, 3.8) is 0 Å². The first-order valence-electron chi connectivity index (χ1n) is 6.48. The Morgan fingerprint density at radius 3 is 2.76 bits per heavy atom. The molecule has 5 heteroatoms. The monoisotopic (exact) mass is 300 g/mol. The van der Waals surface area contributed by atoms with E-state index in [9.17, 15) is 4.79 Å². The Kier molecular flexibility index (Phi) is 3.79. The second kappa shape index (κ2) is 5.89. The number of halogens is 1. The number of nitrogens with one attached hydrogen (secondary N) is 2. The highest BCUT2D eigenvalue weighted by Gasteiger charge is 2.06. The molecule has 2 aromatic carbocycles. The molecule has 3 aromatic rings. The summed E-state index contributed by atoms with van der Waals surface area (Å²) in [5.74, 6) is 0.512. The van der Waals surface area contributed by atoms with Crippen molar-refractivity contribution in [1.82, 2.24) is 10.3 Å². The molecule has 0 spiro atoms. The number of carbonyl (C=O) groups is 1. The molecule has 1 amide bonds. The average Bonchev–Trinajstić information content (AvgIpc) is 2.88. The van der Waals surface area contributed by atoms with E-state index in [1.165, 1.54) is 0 Å². The normalized spacial score (nSPS) is 10.5. The number of fused-ring (bicyclic) bond motifs is 1. The highest BCUT2D eigenvalue weighted by Crippen LogP contribution is 2.20. The predicted molar refractivity (Wildman–Crippen MR) is 82.6 cm³/mol. The second-order valence-corrected chi connectivity index (χ2v) is 5.02. The summed E-state index contributed by atoms with van der Waals surface area (Å²) in [6.45, 7) is 0.359. The van der Waals surface area contributed by atoms with Gasteiger partial charge in [-0.3, -0.25) is 0 Å². The van der Waals surface area contributed by atoms with E-state index in [0.29, 0.717) is 17.3 Å². The lowest BCUT2D eigenvalue weighted by Crippen LogP contribution is -2.26. The SMILES string of the molecule is O=C(NCc1cc2cc(Cl)ccc2[nH]1)Oc1ccccc1. The molecule has 0 saturated heterocycles. The first-order chi connectivity index (χ1) is 10.2. The number of H-pyrrole nitrogens is 1. The van der Waals surface area contributed by atoms with Crippen molar-refractivity contribution in [3.05, 3.63) is 65.3 Å². The van der Waals surface area contributed by atoms with Crippen LogP contribution in [0.2, 0.25) is 5.02 Å². The number of carbonyl (C=O) groups excluding carboxylic acids is 1. The molecule has 0 bridgehead atoms. The van der Waals surface area contributed by atoms with Crippen LogP contribution in [0.5, 0.6) is 5.75 Å². The Labute approximate surface area is 126 Å². The van der Waals surface area contributed by atoms with Gasteiger partial charge in [-0.2, -0.15) is 0 Å². The molecule has 0 fully saturated rings. The fraction of sp³-hybridized carbons (Fsp3) is 0.0625. The molecule has 2 N–H and O–H groups in total. The van der Waals surface area contributed by atoms with Crippen LogP contribution in [0.25, 0.3) is 10.9 Å². The predicted octanol–water partition coefficient (Wildman–Crippen LogP) is 4.11. The van der Waals surface area contributed by atoms with E-state index in [0.717, 1.165) is 16.6 Å². The molecule has 0 aliphatic heterocycles. The van der Waals surface area contributed by atoms with Crippen LogP contribution in [0.15, 0.2) is 54.6 Å². The number of amides is 1. The van der Waals surface area contributed by atoms with E-state index in [4.69, 9.17) is 16.3 Å². The molecule has 0 atom stereocenters. The molecule has 0 unspecified atom stereocenters. The summed E-state index contributed by atoms with van der Waals surface area (Å²) in [4.78, 5) is 14.9. The molecule has 1 heterocycles. The minimum absolute atomic E-state index is 0.359. The van der Waals surface area contributed by atoms with Crippen LogP contribution in [0, 0.1) is 0 Å². The van der Waals surface area contributed by atoms with Gasteiger partial charge < -0.3 is 15.0 Å². The summed E-state index contributed by atoms with van der Waals surface area (Å²) < 4.78 is 5.14. The smallest absolute Gasteiger partial charge is 0.410 e. The number of aromatic nitrogens is 1. The summed E-state index contributed by atoms with van der Waals surface area (Å²) >= 11 is 5.94. The minimum atomic E-state index is -0.488. The van der Waals surface area contributed by atoms with Crippen LogP contribution < -0.4 is 10.1 Å². The van der Waals surface area contributed by atoms with Crippen LogP contribution in [-0.4, -0.2) is 11.1 Å². The van der Waals surface area contributed by atoms with Crippen LogP contribution in [-0.2, 0) is 6.54 Å². The third kappa shape index (κ3) is 3.35. The highest BCUT2D eigenvalue weighted by molar-refractivity contribution is 6.31. The fourth-order valence-electron chi connectivity index (χ4n) is 2.06. The van der Waals surface area contributed by atoms with E-state index in [1.807, 2.05) is 42.5 Å². The number of ether oxygens (including phenoxy) is 1. The largest absolute Gasteiger partial charge is 0.412 e. The summed E-state index contributed by atoms with van der Waals surface area (Å²) in [6.07, 6.45) is -0.488. The number of rotatable bonds is 3. The number of hydrogen-bond donors (Lipinski definition) is 2. The average molecular weight is 301 g/mol. The third-order valence-electron chi connectivity index (χ3n) is 3.02. The number of aromatic amines is 1. The van der Waals surface area contributed by atoms with Gasteiger partial charge in [0.2, 0.25) is 0 Å². The lowest BCUT2D eigenvalue weighted by molar-refractivity contribution is 0.200. The maximum Gasteiger partial charge on any atom is 0.412 e. The maximum absolute atomic E-state index is 11.7. The molecule has 1 aromatic heterocycles. The molecule has 4 nitrogen and oxygen atoms in total. The molecular formula is C16H13ClN2O2. The molecule has 0 aliphatic carbocycles. The van der Waals surface area contributed by atoms with Gasteiger partial charge in [0, 0.05) is 21.6 Å². The van der Waals surface area contributed by atoms with Gasteiger partial charge >= 0.3 is 6.09 Å². The van der Waals surface area contributed by atoms with E-state index in [-0.39, 0.29) is 0 Å². The number of benzene rings is 2. The first kappa shape index (κ1) is 13.5. The van der Waals surface area contributed by atoms with Crippen molar-refractivity contribution >= 4 is 28.6 Å². The summed E-state index contributed by atoms with van der Waals surface area (Å²) in [5, 5.41) is 4.39. The summed E-state index contributed by atoms with van der Waals surface area (Å²) in [6, 6.07) is 16.5. The molecule has 0 radical (unpaired) electrons. The summed E-state index contributed by atoms with van der Waals surface area (Å²) in [7, 11) is 0. The van der Waals surface area contributed by atoms with Gasteiger partial charge in [-0.25, -0.2) is 4.79 Å². The standard InChI is InChI=1S/C16H13ClN2O2/c17-12-6-7-15-11(8-12)9-13(19-15)10-18-16(20)21-14-4-2-1-3-5-14/h1-9,19H,10H2,(H,18,20). The van der Waals surface area contributed by atoms with Gasteiger partial charge in [-0.1, -0.05) is 29.8 Å². The molecule has 106 valence electrons. The van der Waals surface area contributed by atoms with Crippen molar-refractivity contribution < 1.29 is 9.53 Å². The summed E-state index contributed by atoms with van der Waals surface area (Å²) in [5.41, 5.74) is 1.87. The van der Waals surface area contributed by atoms with Gasteiger partial charge in [0.05, 0.1) is 6.54 Å². The van der Waals surface area contributed by atoms with Crippen molar-refractivity contribution in [2.75, 3.05) is 0 Å². The Bertz CT molecular complexity index is 768. The zero-order valence-electron chi connectivity index (χ0n) is 11.1. The van der Waals surface area contributed by atoms with Crippen molar-refractivity contribution in [1.29, 1.82) is 0 Å². The Balaban J connectivity index is 1.62. The quantitative estimate of drug-likeness (QED) is 0.765. The van der Waals surface area contributed by atoms with E-state index >= 15 is 0 Å². The van der Waals surface area contributed by atoms with E-state index < -0.39 is 6.09 Å². The number of hydrogen-bond acceptors (Lipinski definition) is 2. The zero-order chi connectivity index (χ0) is 14.7. The van der Waals surface area contributed by atoms with Crippen molar-refractivity contribution in [2.45, 2.75) is 6.54 Å². The lowest BCUT2D eigenvalue weighted by atomic mass is 10.2. The topological polar surface area (TPSA) is 54.1 Å². The first-order valence-corrected chi connectivity index (χ1v) is 6.86. The van der Waals surface area contributed by atoms with Crippen LogP contribution in [0.1, 0.15) is 5.69 Å².